The third-order valence-electron chi connectivity index (χ3n) is 1.92. The maximum atomic E-state index is 4.47. The van der Waals surface area contributed by atoms with Crippen LogP contribution in [0.15, 0.2) is 23.4 Å². The van der Waals surface area contributed by atoms with E-state index in [1.54, 1.807) is 10.9 Å². The summed E-state index contributed by atoms with van der Waals surface area (Å²) < 4.78 is 6.09. The van der Waals surface area contributed by atoms with Gasteiger partial charge >= 0.3 is 0 Å². The Morgan fingerprint density at radius 3 is 3.07 bits per heavy atom. The van der Waals surface area contributed by atoms with Crippen molar-refractivity contribution in [2.45, 2.75) is 24.7 Å². The fourth-order valence-electron chi connectivity index (χ4n) is 1.25. The van der Waals surface area contributed by atoms with E-state index in [0.29, 0.717) is 0 Å². The van der Waals surface area contributed by atoms with Crippen LogP contribution < -0.4 is 0 Å². The molecular weight excluding hydrogens is 214 g/mol. The average molecular weight is 225 g/mol. The van der Waals surface area contributed by atoms with Crippen molar-refractivity contribution in [3.8, 4) is 5.82 Å². The zero-order valence-corrected chi connectivity index (χ0v) is 9.55. The van der Waals surface area contributed by atoms with Gasteiger partial charge in [-0.05, 0) is 24.0 Å². The summed E-state index contributed by atoms with van der Waals surface area (Å²) in [6.07, 6.45) is 5.78. The van der Waals surface area contributed by atoms with Crippen LogP contribution in [-0.4, -0.2) is 14.2 Å². The Bertz CT molecular complexity index is 406. The second-order valence-corrected chi connectivity index (χ2v) is 4.28. The molecule has 0 amide bonds. The van der Waals surface area contributed by atoms with Gasteiger partial charge in [-0.1, -0.05) is 13.3 Å². The van der Waals surface area contributed by atoms with Crippen molar-refractivity contribution < 1.29 is 0 Å². The molecular formula is C9H11N3S2. The van der Waals surface area contributed by atoms with Crippen LogP contribution in [0.3, 0.4) is 0 Å². The quantitative estimate of drug-likeness (QED) is 0.814. The number of aromatic nitrogens is 3. The minimum Gasteiger partial charge on any atom is -0.221 e. The summed E-state index contributed by atoms with van der Waals surface area (Å²) >= 11 is 5.98. The van der Waals surface area contributed by atoms with Crippen LogP contribution >= 0.6 is 24.2 Å². The largest absolute Gasteiger partial charge is 0.221 e. The van der Waals surface area contributed by atoms with E-state index >= 15 is 0 Å². The van der Waals surface area contributed by atoms with Crippen molar-refractivity contribution in [3.05, 3.63) is 23.3 Å². The molecule has 0 fully saturated rings. The summed E-state index contributed by atoms with van der Waals surface area (Å²) in [6, 6.07) is 1.88. The lowest BCUT2D eigenvalue weighted by molar-refractivity contribution is 0.834. The molecule has 2 rings (SSSR count). The van der Waals surface area contributed by atoms with E-state index in [1.165, 1.54) is 16.4 Å². The highest BCUT2D eigenvalue weighted by atomic mass is 32.1. The van der Waals surface area contributed by atoms with Gasteiger partial charge in [0, 0.05) is 17.3 Å². The summed E-state index contributed by atoms with van der Waals surface area (Å²) in [4.78, 5) is 2.20. The highest BCUT2D eigenvalue weighted by molar-refractivity contribution is 7.80. The van der Waals surface area contributed by atoms with E-state index < -0.39 is 0 Å². The Morgan fingerprint density at radius 2 is 2.43 bits per heavy atom. The fraction of sp³-hybridized carbons (Fsp3) is 0.333. The molecule has 2 aromatic heterocycles. The molecule has 0 saturated carbocycles. The molecule has 3 nitrogen and oxygen atoms in total. The molecule has 0 unspecified atom stereocenters. The van der Waals surface area contributed by atoms with Gasteiger partial charge < -0.3 is 0 Å². The standard InChI is InChI=1S/C9H11N3S2/c1-2-4-7-8(13)9(11-14-7)12-6-3-5-10-12/h3,5-6,13H,2,4H2,1H3. The Morgan fingerprint density at radius 1 is 1.57 bits per heavy atom. The van der Waals surface area contributed by atoms with Gasteiger partial charge in [0.1, 0.15) is 0 Å². The fourth-order valence-corrected chi connectivity index (χ4v) is 2.54. The molecule has 0 N–H and O–H groups in total. The van der Waals surface area contributed by atoms with E-state index in [0.717, 1.165) is 23.6 Å². The molecule has 0 aliphatic carbocycles. The first-order chi connectivity index (χ1) is 6.83. The number of hydrogen-bond donors (Lipinski definition) is 1. The molecule has 0 bridgehead atoms. The van der Waals surface area contributed by atoms with E-state index in [9.17, 15) is 0 Å². The van der Waals surface area contributed by atoms with Crippen molar-refractivity contribution in [1.82, 2.24) is 14.2 Å². The van der Waals surface area contributed by atoms with Gasteiger partial charge in [0.2, 0.25) is 0 Å². The van der Waals surface area contributed by atoms with Gasteiger partial charge in [0.05, 0.1) is 4.90 Å². The molecule has 5 heteroatoms. The maximum absolute atomic E-state index is 4.47. The van der Waals surface area contributed by atoms with Crippen LogP contribution in [0.1, 0.15) is 18.2 Å². The third-order valence-corrected chi connectivity index (χ3v) is 3.43. The van der Waals surface area contributed by atoms with Crippen LogP contribution in [-0.2, 0) is 6.42 Å². The Labute approximate surface area is 92.3 Å². The van der Waals surface area contributed by atoms with Crippen LogP contribution in [0, 0.1) is 0 Å². The van der Waals surface area contributed by atoms with Crippen molar-refractivity contribution in [2.24, 2.45) is 0 Å². The molecule has 0 radical (unpaired) electrons. The number of thiol groups is 1. The first-order valence-electron chi connectivity index (χ1n) is 4.50. The molecule has 2 heterocycles. The average Bonchev–Trinajstić information content (AvgIpc) is 2.77. The number of hydrogen-bond acceptors (Lipinski definition) is 4. The summed E-state index contributed by atoms with van der Waals surface area (Å²) in [5.41, 5.74) is 0. The Balaban J connectivity index is 2.36. The lowest BCUT2D eigenvalue weighted by Gasteiger charge is -1.97. The molecule has 0 aromatic carbocycles. The van der Waals surface area contributed by atoms with Crippen LogP contribution in [0.4, 0.5) is 0 Å². The molecule has 0 aliphatic rings. The number of rotatable bonds is 3. The first-order valence-corrected chi connectivity index (χ1v) is 5.72. The summed E-state index contributed by atoms with van der Waals surface area (Å²) in [5, 5.41) is 4.13. The zero-order valence-electron chi connectivity index (χ0n) is 7.84. The molecule has 14 heavy (non-hydrogen) atoms. The zero-order chi connectivity index (χ0) is 9.97. The van der Waals surface area contributed by atoms with E-state index in [2.05, 4.69) is 29.0 Å². The van der Waals surface area contributed by atoms with Gasteiger partial charge in [0.25, 0.3) is 0 Å². The van der Waals surface area contributed by atoms with Crippen LogP contribution in [0.25, 0.3) is 5.82 Å². The SMILES string of the molecule is CCCc1snc(-n2cccn2)c1S. The first kappa shape index (κ1) is 9.73. The summed E-state index contributed by atoms with van der Waals surface area (Å²) in [5.74, 6) is 0.840. The second-order valence-electron chi connectivity index (χ2n) is 2.98. The van der Waals surface area contributed by atoms with Crippen molar-refractivity contribution in [2.75, 3.05) is 0 Å². The highest BCUT2D eigenvalue weighted by Crippen LogP contribution is 2.26. The van der Waals surface area contributed by atoms with E-state index in [1.807, 2.05) is 12.3 Å². The lowest BCUT2D eigenvalue weighted by Crippen LogP contribution is -1.95. The molecule has 2 aromatic rings. The number of aryl methyl sites for hydroxylation is 1. The monoisotopic (exact) mass is 225 g/mol. The van der Waals surface area contributed by atoms with Crippen molar-refractivity contribution in [3.63, 3.8) is 0 Å². The van der Waals surface area contributed by atoms with Crippen molar-refractivity contribution in [1.29, 1.82) is 0 Å². The van der Waals surface area contributed by atoms with E-state index in [-0.39, 0.29) is 0 Å². The molecule has 0 saturated heterocycles. The topological polar surface area (TPSA) is 30.7 Å². The smallest absolute Gasteiger partial charge is 0.180 e. The predicted molar refractivity (Wildman–Crippen MR) is 60.5 cm³/mol. The summed E-state index contributed by atoms with van der Waals surface area (Å²) in [6.45, 7) is 2.15. The molecule has 0 aliphatic heterocycles. The Kier molecular flexibility index (Phi) is 2.88. The van der Waals surface area contributed by atoms with Gasteiger partial charge in [0.15, 0.2) is 5.82 Å². The molecule has 0 spiro atoms. The van der Waals surface area contributed by atoms with E-state index in [4.69, 9.17) is 0 Å². The molecule has 74 valence electrons. The van der Waals surface area contributed by atoms with Gasteiger partial charge in [-0.3, -0.25) is 0 Å². The normalized spacial score (nSPS) is 10.7. The lowest BCUT2D eigenvalue weighted by atomic mass is 10.3. The molecule has 0 atom stereocenters. The van der Waals surface area contributed by atoms with Crippen LogP contribution in [0.2, 0.25) is 0 Å². The highest BCUT2D eigenvalue weighted by Gasteiger charge is 2.11. The third kappa shape index (κ3) is 1.69. The predicted octanol–water partition coefficient (Wildman–Crippen LogP) is 2.57. The van der Waals surface area contributed by atoms with Crippen molar-refractivity contribution >= 4 is 24.2 Å². The van der Waals surface area contributed by atoms with Gasteiger partial charge in [-0.2, -0.15) is 9.47 Å². The second kappa shape index (κ2) is 4.14. The number of nitrogens with zero attached hydrogens (tertiary/aromatic N) is 3. The maximum Gasteiger partial charge on any atom is 0.180 e. The van der Waals surface area contributed by atoms with Crippen LogP contribution in [0.5, 0.6) is 0 Å². The minimum absolute atomic E-state index is 0.840. The summed E-state index contributed by atoms with van der Waals surface area (Å²) in [7, 11) is 0. The Hall–Kier alpha value is -0.810. The van der Waals surface area contributed by atoms with Gasteiger partial charge in [-0.25, -0.2) is 4.68 Å². The van der Waals surface area contributed by atoms with Gasteiger partial charge in [-0.15, -0.1) is 12.6 Å². The minimum atomic E-state index is 0.840.